The molecule has 25 nitrogen and oxygen atoms in total. The number of halogens is 4. The Kier molecular flexibility index (Phi) is 32.6. The highest BCUT2D eigenvalue weighted by Gasteiger charge is 2.54. The van der Waals surface area contributed by atoms with Crippen molar-refractivity contribution in [3.8, 4) is 0 Å². The summed E-state index contributed by atoms with van der Waals surface area (Å²) in [7, 11) is 0. The number of aliphatic hydroxyl groups excluding tert-OH is 9. The van der Waals surface area contributed by atoms with Crippen LogP contribution in [0.3, 0.4) is 0 Å². The molecule has 33 atom stereocenters. The number of carbonyl (C=O) groups is 3. The second-order valence-electron chi connectivity index (χ2n) is 30.2. The van der Waals surface area contributed by atoms with E-state index in [0.717, 1.165) is 69.8 Å². The third-order valence-corrected chi connectivity index (χ3v) is 26.2. The molecule has 2 aromatic carbocycles. The van der Waals surface area contributed by atoms with E-state index in [4.69, 9.17) is 63.2 Å². The van der Waals surface area contributed by atoms with Crippen molar-refractivity contribution < 1.29 is 93.2 Å². The van der Waals surface area contributed by atoms with Gasteiger partial charge < -0.3 is 112 Å². The van der Waals surface area contributed by atoms with Gasteiger partial charge in [0.25, 0.3) is 0 Å². The van der Waals surface area contributed by atoms with Crippen molar-refractivity contribution in [2.24, 2.45) is 29.6 Å². The zero-order chi connectivity index (χ0) is 75.5. The van der Waals surface area contributed by atoms with Gasteiger partial charge in [-0.3, -0.25) is 14.4 Å². The zero-order valence-corrected chi connectivity index (χ0v) is 65.2. The van der Waals surface area contributed by atoms with Crippen molar-refractivity contribution in [2.75, 3.05) is 58.2 Å². The van der Waals surface area contributed by atoms with E-state index in [1.807, 2.05) is 12.1 Å². The minimum absolute atomic E-state index is 0.164. The number of aliphatic hydroxyl groups is 9. The smallest absolute Gasteiger partial charge is 0.240 e. The van der Waals surface area contributed by atoms with Crippen molar-refractivity contribution in [3.05, 3.63) is 71.5 Å². The molecule has 9 saturated heterocycles. The summed E-state index contributed by atoms with van der Waals surface area (Å²) in [6, 6.07) is 14.3. The quantitative estimate of drug-likeness (QED) is 0.0706. The highest BCUT2D eigenvalue weighted by molar-refractivity contribution is 7.99. The molecule has 32 heteroatoms. The lowest BCUT2D eigenvalue weighted by atomic mass is 9.86. The van der Waals surface area contributed by atoms with Crippen molar-refractivity contribution in [2.45, 2.75) is 270 Å². The normalized spacial score (nSPS) is 40.1. The number of rotatable bonds is 23. The first-order valence-electron chi connectivity index (χ1n) is 37.4. The molecule has 0 aromatic heterocycles. The van der Waals surface area contributed by atoms with Crippen molar-refractivity contribution in [1.82, 2.24) is 37.2 Å². The fourth-order valence-electron chi connectivity index (χ4n) is 16.7. The molecule has 3 amide bonds. The average Bonchev–Trinajstić information content (AvgIpc) is 1.53. The number of thioether (sulfide) groups is 3. The second kappa shape index (κ2) is 40.1. The van der Waals surface area contributed by atoms with Gasteiger partial charge in [0.1, 0.15) is 113 Å². The molecule has 0 spiro atoms. The molecular weight excluding hydrogens is 1480 g/mol. The molecule has 105 heavy (non-hydrogen) atoms. The largest absolute Gasteiger partial charge is 0.388 e. The lowest BCUT2D eigenvalue weighted by Crippen LogP contribution is -2.65. The highest BCUT2D eigenvalue weighted by atomic mass is 35.5. The Morgan fingerprint density at radius 1 is 0.476 bits per heavy atom. The van der Waals surface area contributed by atoms with Crippen LogP contribution in [0.1, 0.15) is 96.1 Å². The molecule has 10 fully saturated rings. The number of ether oxygens (including phenoxy) is 6. The standard InChI is InChI=1S/C26H38ClFN2O6S.C26H39ClN2O6S.C21H36ClN3O6S/c1-13(27)18(24-21(32)20(31)22(33)26(36-24)37-2)30-25(34)19-23-16(12-29-19)10-15(8-9-35-23)7-6-14-4-3-5-17(28)11-14;1-14(27)18(24-21(31)20(30)22(32)26(35-24)36-2)29-25(33)19-23-17(13-28-19)12-16(10-11-34-23)9-8-15-6-4-3-5-7-15;1-9(22)13(19-16(27)15(26)17(28)21(31-19)32-2)25-20(29)14-18-10(8-23-14)7-12(5-6-30-18)24-11-3-4-11/h3-5,11,13,15-16,18-24,26,29,31-33H,6-10,12H2,1-2H3,(H,30,34);3-7,14,16-24,26,28,30-32H,8-13H2,1-2H3,(H,29,33);9-19,21,23-24,26-28H,3-8H2,1-2H3,(H,25,29)/t13-,15-,16-,18+,19-,20+,21?,22+,23+,24+,26?;14-,16-,17-,18+,19-,20+,21?,22+,23+,24+,26?;9-,10-,12?,13+,14-,15+,16?,17+,18+,19+,21?/m000/s1. The van der Waals surface area contributed by atoms with Gasteiger partial charge in [-0.05, 0) is 164 Å². The van der Waals surface area contributed by atoms with Crippen LogP contribution in [0.4, 0.5) is 4.39 Å². The van der Waals surface area contributed by atoms with Crippen LogP contribution in [0.5, 0.6) is 0 Å². The summed E-state index contributed by atoms with van der Waals surface area (Å²) in [5.74, 6) is 0.552. The van der Waals surface area contributed by atoms with Gasteiger partial charge in [-0.15, -0.1) is 70.1 Å². The van der Waals surface area contributed by atoms with Gasteiger partial charge in [0.05, 0.1) is 52.6 Å². The van der Waals surface area contributed by atoms with Gasteiger partial charge in [0.2, 0.25) is 17.7 Å². The van der Waals surface area contributed by atoms with Crippen molar-refractivity contribution in [1.29, 1.82) is 0 Å². The molecule has 9 aliphatic heterocycles. The number of aryl methyl sites for hydroxylation is 2. The number of hydrogen-bond donors (Lipinski definition) is 16. The fourth-order valence-corrected chi connectivity index (χ4v) is 19.3. The Hall–Kier alpha value is -2.06. The molecule has 0 bridgehead atoms. The molecule has 1 aliphatic carbocycles. The van der Waals surface area contributed by atoms with Crippen LogP contribution in [-0.4, -0.2) is 294 Å². The first-order chi connectivity index (χ1) is 50.3. The monoisotopic (exact) mass is 1600 g/mol. The van der Waals surface area contributed by atoms with E-state index < -0.39 is 142 Å². The van der Waals surface area contributed by atoms with Crippen LogP contribution < -0.4 is 37.2 Å². The van der Waals surface area contributed by atoms with E-state index in [0.29, 0.717) is 63.4 Å². The number of carbonyl (C=O) groups excluding carboxylic acids is 3. The number of fused-ring (bicyclic) bond motifs is 3. The van der Waals surface area contributed by atoms with E-state index in [1.54, 1.807) is 51.7 Å². The summed E-state index contributed by atoms with van der Waals surface area (Å²) < 4.78 is 49.6. The summed E-state index contributed by atoms with van der Waals surface area (Å²) in [4.78, 5) is 40.1. The molecule has 1 saturated carbocycles. The molecule has 9 heterocycles. The Morgan fingerprint density at radius 3 is 1.20 bits per heavy atom. The van der Waals surface area contributed by atoms with Gasteiger partial charge in [-0.1, -0.05) is 42.5 Å². The molecule has 12 rings (SSSR count). The van der Waals surface area contributed by atoms with E-state index in [2.05, 4.69) is 61.5 Å². The third-order valence-electron chi connectivity index (χ3n) is 22.8. The molecule has 10 aliphatic rings. The maximum absolute atomic E-state index is 13.5. The first kappa shape index (κ1) is 85.4. The Bertz CT molecular complexity index is 3030. The first-order valence-corrected chi connectivity index (χ1v) is 42.6. The predicted octanol–water partition coefficient (Wildman–Crippen LogP) is 1.87. The molecule has 16 N–H and O–H groups in total. The van der Waals surface area contributed by atoms with E-state index >= 15 is 0 Å². The minimum atomic E-state index is -1.42. The van der Waals surface area contributed by atoms with Gasteiger partial charge >= 0.3 is 0 Å². The zero-order valence-electron chi connectivity index (χ0n) is 60.5. The van der Waals surface area contributed by atoms with Crippen LogP contribution >= 0.6 is 70.1 Å². The molecule has 7 unspecified atom stereocenters. The SMILES string of the molecule is CSC1O[C@H]([C@H](NC(=O)[C@H]2NC[C@@H]3CC(NC4CC4)CCO[C@H]32)[C@H](C)Cl)C(O)[C@@H](O)[C@H]1O.CSC1O[C@H]([C@H](NC(=O)[C@H]2NC[C@@H]3C[C@@H](CCc4cccc(F)c4)CCO[C@H]32)[C@H](C)Cl)C(O)[C@@H](O)[C@H]1O.CSC1O[C@H]([C@H](NC(=O)[C@H]2NC[C@@H]3C[C@@H](CCc4ccccc4)CCO[C@H]32)[C@H](C)Cl)C(O)[C@@H](O)[C@H]1O. The molecule has 2 aromatic rings. The predicted molar refractivity (Wildman–Crippen MR) is 402 cm³/mol. The van der Waals surface area contributed by atoms with Gasteiger partial charge in [0, 0.05) is 57.5 Å². The van der Waals surface area contributed by atoms with Crippen molar-refractivity contribution >= 4 is 87.8 Å². The molecule has 0 radical (unpaired) electrons. The maximum Gasteiger partial charge on any atom is 0.240 e. The summed E-state index contributed by atoms with van der Waals surface area (Å²) >= 11 is 22.9. The Balaban J connectivity index is 0.000000169. The summed E-state index contributed by atoms with van der Waals surface area (Å²) in [6.45, 7) is 8.91. The van der Waals surface area contributed by atoms with Crippen LogP contribution in [0.15, 0.2) is 54.6 Å². The number of amides is 3. The number of alkyl halides is 3. The second-order valence-corrected chi connectivity index (χ2v) is 35.1. The maximum atomic E-state index is 13.5. The number of nitrogens with one attached hydrogen (secondary N) is 7. The van der Waals surface area contributed by atoms with Crippen LogP contribution in [0.2, 0.25) is 0 Å². The van der Waals surface area contributed by atoms with Crippen LogP contribution in [-0.2, 0) is 55.6 Å². The summed E-state index contributed by atoms with van der Waals surface area (Å²) in [5, 5.41) is 114. The van der Waals surface area contributed by atoms with E-state index in [9.17, 15) is 64.7 Å². The van der Waals surface area contributed by atoms with E-state index in [1.165, 1.54) is 59.8 Å². The third kappa shape index (κ3) is 21.8. The van der Waals surface area contributed by atoms with Crippen LogP contribution in [0.25, 0.3) is 0 Å². The average molecular weight is 1600 g/mol. The Morgan fingerprint density at radius 2 is 0.838 bits per heavy atom. The van der Waals surface area contributed by atoms with Gasteiger partial charge in [-0.2, -0.15) is 0 Å². The number of benzene rings is 2. The number of hydrogen-bond acceptors (Lipinski definition) is 25. The lowest BCUT2D eigenvalue weighted by molar-refractivity contribution is -0.205. The molecular formula is C73H113Cl3FN7O18S3. The van der Waals surface area contributed by atoms with Gasteiger partial charge in [-0.25, -0.2) is 4.39 Å². The minimum Gasteiger partial charge on any atom is -0.388 e. The van der Waals surface area contributed by atoms with E-state index in [-0.39, 0.29) is 59.6 Å². The van der Waals surface area contributed by atoms with Crippen molar-refractivity contribution in [3.63, 3.8) is 0 Å². The molecule has 594 valence electrons. The fraction of sp³-hybridized carbons (Fsp3) is 0.795. The summed E-state index contributed by atoms with van der Waals surface area (Å²) in [6.07, 6.45) is 1.46. The lowest BCUT2D eigenvalue weighted by Gasteiger charge is -2.44. The van der Waals surface area contributed by atoms with Gasteiger partial charge in [0.15, 0.2) is 0 Å². The topological polar surface area (TPSA) is 373 Å². The van der Waals surface area contributed by atoms with Crippen LogP contribution in [0, 0.1) is 35.4 Å². The Labute approximate surface area is 643 Å². The summed E-state index contributed by atoms with van der Waals surface area (Å²) in [5.41, 5.74) is 0.0918. The highest BCUT2D eigenvalue weighted by Crippen LogP contribution is 2.39.